The predicted octanol–water partition coefficient (Wildman–Crippen LogP) is 3.86. The summed E-state index contributed by atoms with van der Waals surface area (Å²) in [5.41, 5.74) is 3.91. The van der Waals surface area contributed by atoms with Crippen LogP contribution in [0, 0.1) is 0 Å². The van der Waals surface area contributed by atoms with Gasteiger partial charge in [-0.2, -0.15) is 0 Å². The van der Waals surface area contributed by atoms with E-state index in [1.54, 1.807) is 11.8 Å². The Hall–Kier alpha value is -3.34. The van der Waals surface area contributed by atoms with Gasteiger partial charge in [0.15, 0.2) is 0 Å². The average Bonchev–Trinajstić information content (AvgIpc) is 3.22. The fourth-order valence-electron chi connectivity index (χ4n) is 3.69. The maximum absolute atomic E-state index is 12.3. The van der Waals surface area contributed by atoms with Crippen molar-refractivity contribution in [3.8, 4) is 0 Å². The molecule has 3 heterocycles. The van der Waals surface area contributed by atoms with E-state index in [9.17, 15) is 4.79 Å². The summed E-state index contributed by atoms with van der Waals surface area (Å²) in [6.07, 6.45) is 3.90. The molecule has 0 N–H and O–H groups in total. The van der Waals surface area contributed by atoms with E-state index < -0.39 is 0 Å². The van der Waals surface area contributed by atoms with E-state index in [4.69, 9.17) is 4.98 Å². The van der Waals surface area contributed by atoms with Crippen LogP contribution in [-0.2, 0) is 11.3 Å². The van der Waals surface area contributed by atoms with E-state index in [1.807, 2.05) is 48.7 Å². The van der Waals surface area contributed by atoms with Crippen LogP contribution in [0.5, 0.6) is 0 Å². The second kappa shape index (κ2) is 7.82. The van der Waals surface area contributed by atoms with Crippen molar-refractivity contribution in [3.05, 3.63) is 89.8 Å². The van der Waals surface area contributed by atoms with E-state index >= 15 is 0 Å². The molecule has 5 rings (SSSR count). The number of carbonyl (C=O) groups excluding carboxylic acids is 1. The van der Waals surface area contributed by atoms with Crippen molar-refractivity contribution >= 4 is 52.6 Å². The topological polar surface area (TPSA) is 50.0 Å². The Balaban J connectivity index is 1.55. The molecule has 0 saturated heterocycles. The third kappa shape index (κ3) is 3.41. The van der Waals surface area contributed by atoms with Gasteiger partial charge >= 0.3 is 180 Å². The van der Waals surface area contributed by atoms with Crippen LogP contribution in [-0.4, -0.2) is 30.4 Å². The molecule has 146 valence electrons. The molecule has 0 spiro atoms. The van der Waals surface area contributed by atoms with Gasteiger partial charge in [-0.15, -0.1) is 0 Å². The first kappa shape index (κ1) is 18.7. The molecular weight excluding hydrogens is 439 g/mol. The summed E-state index contributed by atoms with van der Waals surface area (Å²) >= 11 is 0.00229. The first-order valence-corrected chi connectivity index (χ1v) is 11.5. The van der Waals surface area contributed by atoms with Gasteiger partial charge in [-0.3, -0.25) is 0 Å². The Morgan fingerprint density at radius 3 is 2.63 bits per heavy atom. The van der Waals surface area contributed by atoms with Gasteiger partial charge in [-0.1, -0.05) is 0 Å². The molecule has 1 amide bonds. The van der Waals surface area contributed by atoms with Gasteiger partial charge in [-0.05, 0) is 0 Å². The van der Waals surface area contributed by atoms with Gasteiger partial charge in [0.1, 0.15) is 0 Å². The molecule has 0 radical (unpaired) electrons. The van der Waals surface area contributed by atoms with Gasteiger partial charge in [0.2, 0.25) is 0 Å². The van der Waals surface area contributed by atoms with Crippen LogP contribution in [0.2, 0.25) is 0 Å². The molecule has 0 aliphatic heterocycles. The number of fused-ring (bicyclic) bond motifs is 3. The number of carbonyl (C=O) groups is 1. The summed E-state index contributed by atoms with van der Waals surface area (Å²) in [6.45, 7) is 2.22. The normalized spacial score (nSPS) is 11.1. The van der Waals surface area contributed by atoms with Crippen LogP contribution < -0.4 is 9.47 Å². The fourth-order valence-corrected chi connectivity index (χ4v) is 5.53. The molecular formula is C24H19N4OSe+. The number of pyridine rings is 2. The van der Waals surface area contributed by atoms with E-state index in [0.717, 1.165) is 37.9 Å². The molecule has 0 aliphatic rings. The van der Waals surface area contributed by atoms with Gasteiger partial charge in [0.05, 0.1) is 0 Å². The van der Waals surface area contributed by atoms with Crippen LogP contribution in [0.15, 0.2) is 84.1 Å². The zero-order chi connectivity index (χ0) is 20.5. The number of aromatic nitrogens is 3. The molecule has 0 fully saturated rings. The van der Waals surface area contributed by atoms with Gasteiger partial charge in [0, 0.05) is 0 Å². The Labute approximate surface area is 180 Å². The number of hydrogen-bond donors (Lipinski definition) is 0. The molecule has 0 saturated carbocycles. The van der Waals surface area contributed by atoms with Crippen molar-refractivity contribution in [2.75, 3.05) is 4.90 Å². The summed E-state index contributed by atoms with van der Waals surface area (Å²) in [7, 11) is 0. The molecule has 0 atom stereocenters. The van der Waals surface area contributed by atoms with Crippen molar-refractivity contribution in [1.82, 2.24) is 9.97 Å². The number of rotatable bonds is 4. The molecule has 0 bridgehead atoms. The molecule has 5 nitrogen and oxygen atoms in total. The number of amides is 1. The third-order valence-electron chi connectivity index (χ3n) is 5.00. The molecule has 0 unspecified atom stereocenters. The Morgan fingerprint density at radius 1 is 1.00 bits per heavy atom. The first-order valence-electron chi connectivity index (χ1n) is 9.67. The Morgan fingerprint density at radius 2 is 1.80 bits per heavy atom. The van der Waals surface area contributed by atoms with Gasteiger partial charge in [-0.25, -0.2) is 0 Å². The second-order valence-corrected chi connectivity index (χ2v) is 8.78. The van der Waals surface area contributed by atoms with Gasteiger partial charge < -0.3 is 0 Å². The number of nitrogens with zero attached hydrogens (tertiary/aromatic N) is 4. The number of para-hydroxylation sites is 1. The van der Waals surface area contributed by atoms with E-state index in [-0.39, 0.29) is 20.4 Å². The second-order valence-electron chi connectivity index (χ2n) is 7.03. The zero-order valence-electron chi connectivity index (χ0n) is 16.4. The van der Waals surface area contributed by atoms with Crippen LogP contribution in [0.25, 0.3) is 21.8 Å². The van der Waals surface area contributed by atoms with Crippen LogP contribution in [0.3, 0.4) is 0 Å². The number of benzene rings is 2. The summed E-state index contributed by atoms with van der Waals surface area (Å²) < 4.78 is 3.01. The number of hydrogen-bond acceptors (Lipinski definition) is 3. The van der Waals surface area contributed by atoms with Crippen molar-refractivity contribution in [2.45, 2.75) is 13.5 Å². The molecule has 30 heavy (non-hydrogen) atoms. The molecule has 2 aromatic carbocycles. The quantitative estimate of drug-likeness (QED) is 0.234. The Kier molecular flexibility index (Phi) is 4.87. The minimum atomic E-state index is -0.0236. The summed E-state index contributed by atoms with van der Waals surface area (Å²) in [5.74, 6) is -0.0236. The van der Waals surface area contributed by atoms with Crippen LogP contribution >= 0.6 is 0 Å². The first-order chi connectivity index (χ1) is 14.7. The zero-order valence-corrected chi connectivity index (χ0v) is 18.1. The molecule has 5 aromatic rings. The molecule has 6 heteroatoms. The summed E-state index contributed by atoms with van der Waals surface area (Å²) in [6, 6.07) is 22.1. The van der Waals surface area contributed by atoms with Gasteiger partial charge in [0.25, 0.3) is 0 Å². The van der Waals surface area contributed by atoms with E-state index in [1.165, 1.54) is 0 Å². The van der Waals surface area contributed by atoms with E-state index in [0.29, 0.717) is 6.54 Å². The SMILES string of the molecule is CC(=O)N(c1ccccc1)c1nc(C[n+]2cccc3ccc4cccnc4c32)c[se]1. The van der Waals surface area contributed by atoms with Crippen molar-refractivity contribution in [2.24, 2.45) is 0 Å². The third-order valence-corrected chi connectivity index (χ3v) is 6.84. The standard InChI is InChI=1S/C24H19N4OSe/c1-17(29)28(21-9-3-2-4-10-21)24-26-20(16-30-24)15-27-14-6-8-19-12-11-18-7-5-13-25-22(18)23(19)27/h2-14,16H,15H2,1H3/q+1. The molecule has 3 aromatic heterocycles. The summed E-state index contributed by atoms with van der Waals surface area (Å²) in [5, 5.41) is 2.26. The fraction of sp³-hybridized carbons (Fsp3) is 0.0833. The molecule has 0 aliphatic carbocycles. The van der Waals surface area contributed by atoms with Crippen molar-refractivity contribution in [1.29, 1.82) is 0 Å². The number of anilines is 2. The minimum absolute atomic E-state index is 0.00229. The maximum atomic E-state index is 12.3. The monoisotopic (exact) mass is 459 g/mol. The van der Waals surface area contributed by atoms with Crippen molar-refractivity contribution < 1.29 is 9.36 Å². The predicted molar refractivity (Wildman–Crippen MR) is 119 cm³/mol. The van der Waals surface area contributed by atoms with E-state index in [2.05, 4.69) is 45.0 Å². The Bertz CT molecular complexity index is 1360. The van der Waals surface area contributed by atoms with Crippen LogP contribution in [0.1, 0.15) is 12.6 Å². The van der Waals surface area contributed by atoms with Crippen LogP contribution in [0.4, 0.5) is 10.4 Å². The average molecular weight is 458 g/mol. The van der Waals surface area contributed by atoms with Crippen molar-refractivity contribution in [3.63, 3.8) is 0 Å². The summed E-state index contributed by atoms with van der Waals surface area (Å²) in [4.78, 5) is 25.7.